The quantitative estimate of drug-likeness (QED) is 0.172. The second-order valence-electron chi connectivity index (χ2n) is 9.53. The highest BCUT2D eigenvalue weighted by atomic mass is 16.6. The van der Waals surface area contributed by atoms with E-state index in [1.807, 2.05) is 0 Å². The molecular formula is C34H30O10. The number of benzene rings is 4. The minimum Gasteiger partial charge on any atom is -0.459 e. The van der Waals surface area contributed by atoms with Crippen LogP contribution in [0.2, 0.25) is 0 Å². The normalized spacial score (nSPS) is 13.4. The van der Waals surface area contributed by atoms with Crippen molar-refractivity contribution in [3.63, 3.8) is 0 Å². The van der Waals surface area contributed by atoms with Gasteiger partial charge >= 0.3 is 23.9 Å². The zero-order valence-corrected chi connectivity index (χ0v) is 23.4. The molecule has 226 valence electrons. The van der Waals surface area contributed by atoms with E-state index in [-0.39, 0.29) is 22.3 Å². The highest BCUT2D eigenvalue weighted by Crippen LogP contribution is 2.19. The molecule has 10 nitrogen and oxygen atoms in total. The van der Waals surface area contributed by atoms with E-state index in [1.54, 1.807) is 72.8 Å². The van der Waals surface area contributed by atoms with Crippen molar-refractivity contribution in [2.45, 2.75) is 24.4 Å². The van der Waals surface area contributed by atoms with Gasteiger partial charge in [-0.25, -0.2) is 19.2 Å². The van der Waals surface area contributed by atoms with Crippen LogP contribution in [-0.4, -0.2) is 71.7 Å². The van der Waals surface area contributed by atoms with Gasteiger partial charge in [0.15, 0.2) is 12.2 Å². The van der Waals surface area contributed by atoms with Crippen molar-refractivity contribution >= 4 is 23.9 Å². The Balaban J connectivity index is 1.57. The Bertz CT molecular complexity index is 1510. The summed E-state index contributed by atoms with van der Waals surface area (Å²) < 4.78 is 21.6. The van der Waals surface area contributed by atoms with Gasteiger partial charge in [-0.3, -0.25) is 0 Å². The molecule has 0 amide bonds. The SMILES string of the molecule is O=C(OCC(O)C(OC(=O)c1ccccc1)C(O)C(COC(=O)c1ccccc1)OC(=O)c1ccccc1)c1ccccc1. The van der Waals surface area contributed by atoms with Crippen molar-refractivity contribution in [3.8, 4) is 0 Å². The zero-order valence-electron chi connectivity index (χ0n) is 23.4. The van der Waals surface area contributed by atoms with Crippen LogP contribution in [0.15, 0.2) is 121 Å². The van der Waals surface area contributed by atoms with Gasteiger partial charge in [0.1, 0.15) is 25.4 Å². The Kier molecular flexibility index (Phi) is 11.3. The molecule has 4 aromatic carbocycles. The Morgan fingerprint density at radius 1 is 0.477 bits per heavy atom. The van der Waals surface area contributed by atoms with E-state index >= 15 is 0 Å². The summed E-state index contributed by atoms with van der Waals surface area (Å²) in [5, 5.41) is 22.5. The Morgan fingerprint density at radius 3 is 1.23 bits per heavy atom. The minimum atomic E-state index is -1.94. The molecule has 4 unspecified atom stereocenters. The van der Waals surface area contributed by atoms with Crippen LogP contribution in [0.1, 0.15) is 41.4 Å². The van der Waals surface area contributed by atoms with Gasteiger partial charge in [0.2, 0.25) is 0 Å². The van der Waals surface area contributed by atoms with Crippen LogP contribution >= 0.6 is 0 Å². The largest absolute Gasteiger partial charge is 0.459 e. The van der Waals surface area contributed by atoms with Gasteiger partial charge in [0.05, 0.1) is 22.3 Å². The molecule has 44 heavy (non-hydrogen) atoms. The number of ether oxygens (including phenoxy) is 4. The lowest BCUT2D eigenvalue weighted by Gasteiger charge is -2.31. The summed E-state index contributed by atoms with van der Waals surface area (Å²) in [6.45, 7) is -1.36. The third-order valence-electron chi connectivity index (χ3n) is 6.40. The van der Waals surface area contributed by atoms with Crippen molar-refractivity contribution < 1.29 is 48.3 Å². The molecule has 0 aliphatic heterocycles. The van der Waals surface area contributed by atoms with Crippen molar-refractivity contribution in [1.82, 2.24) is 0 Å². The maximum absolute atomic E-state index is 13.0. The molecule has 0 bridgehead atoms. The average Bonchev–Trinajstić information content (AvgIpc) is 3.08. The predicted molar refractivity (Wildman–Crippen MR) is 157 cm³/mol. The highest BCUT2D eigenvalue weighted by Gasteiger charge is 2.40. The van der Waals surface area contributed by atoms with E-state index < -0.39 is 61.5 Å². The van der Waals surface area contributed by atoms with Crippen LogP contribution in [-0.2, 0) is 18.9 Å². The first kappa shape index (κ1) is 31.6. The second kappa shape index (κ2) is 15.8. The molecule has 10 heteroatoms. The van der Waals surface area contributed by atoms with Crippen molar-refractivity contribution in [2.24, 2.45) is 0 Å². The molecule has 4 rings (SSSR count). The fourth-order valence-electron chi connectivity index (χ4n) is 4.06. The molecule has 4 aromatic rings. The first-order valence-corrected chi connectivity index (χ1v) is 13.7. The van der Waals surface area contributed by atoms with E-state index in [9.17, 15) is 29.4 Å². The summed E-state index contributed by atoms with van der Waals surface area (Å²) >= 11 is 0. The van der Waals surface area contributed by atoms with Crippen LogP contribution in [0.4, 0.5) is 0 Å². The Morgan fingerprint density at radius 2 is 0.818 bits per heavy atom. The highest BCUT2D eigenvalue weighted by molar-refractivity contribution is 5.91. The maximum atomic E-state index is 13.0. The molecular weight excluding hydrogens is 568 g/mol. The molecule has 4 atom stereocenters. The molecule has 2 N–H and O–H groups in total. The Labute approximate surface area is 253 Å². The van der Waals surface area contributed by atoms with E-state index in [1.165, 1.54) is 48.5 Å². The van der Waals surface area contributed by atoms with E-state index in [4.69, 9.17) is 18.9 Å². The van der Waals surface area contributed by atoms with Crippen molar-refractivity contribution in [1.29, 1.82) is 0 Å². The second-order valence-corrected chi connectivity index (χ2v) is 9.53. The van der Waals surface area contributed by atoms with Gasteiger partial charge < -0.3 is 29.2 Å². The first-order valence-electron chi connectivity index (χ1n) is 13.7. The molecule has 0 saturated carbocycles. The van der Waals surface area contributed by atoms with Gasteiger partial charge in [-0.15, -0.1) is 0 Å². The van der Waals surface area contributed by atoms with Gasteiger partial charge in [0.25, 0.3) is 0 Å². The number of hydrogen-bond acceptors (Lipinski definition) is 10. The zero-order chi connectivity index (χ0) is 31.3. The topological polar surface area (TPSA) is 146 Å². The lowest BCUT2D eigenvalue weighted by Crippen LogP contribution is -2.51. The molecule has 0 spiro atoms. The van der Waals surface area contributed by atoms with E-state index in [2.05, 4.69) is 0 Å². The number of aliphatic hydroxyl groups excluding tert-OH is 2. The number of carbonyl (C=O) groups excluding carboxylic acids is 4. The van der Waals surface area contributed by atoms with Crippen LogP contribution in [0, 0.1) is 0 Å². The predicted octanol–water partition coefficient (Wildman–Crippen LogP) is 3.87. The fourth-order valence-corrected chi connectivity index (χ4v) is 4.06. The first-order chi connectivity index (χ1) is 21.3. The number of hydrogen-bond donors (Lipinski definition) is 2. The number of aliphatic hydroxyl groups is 2. The van der Waals surface area contributed by atoms with Gasteiger partial charge in [0, 0.05) is 0 Å². The third-order valence-corrected chi connectivity index (χ3v) is 6.40. The standard InChI is InChI=1S/C34H30O10/c35-27(21-41-31(37)23-13-5-1-6-14-23)30(44-34(40)26-19-11-4-12-20-26)29(36)28(43-33(39)25-17-9-3-10-18-25)22-42-32(38)24-15-7-2-8-16-24/h1-20,27-30,35-36H,21-22H2. The fraction of sp³-hybridized carbons (Fsp3) is 0.176. The molecule has 0 saturated heterocycles. The maximum Gasteiger partial charge on any atom is 0.338 e. The third kappa shape index (κ3) is 8.84. The van der Waals surface area contributed by atoms with Gasteiger partial charge in [-0.2, -0.15) is 0 Å². The van der Waals surface area contributed by atoms with Crippen molar-refractivity contribution in [3.05, 3.63) is 144 Å². The number of carbonyl (C=O) groups is 4. The average molecular weight is 599 g/mol. The monoisotopic (exact) mass is 598 g/mol. The minimum absolute atomic E-state index is 0.103. The van der Waals surface area contributed by atoms with Crippen LogP contribution < -0.4 is 0 Å². The number of esters is 4. The van der Waals surface area contributed by atoms with Crippen LogP contribution in [0.25, 0.3) is 0 Å². The Hall–Kier alpha value is -5.32. The molecule has 0 aliphatic carbocycles. The summed E-state index contributed by atoms with van der Waals surface area (Å²) in [4.78, 5) is 51.1. The van der Waals surface area contributed by atoms with Crippen LogP contribution in [0.5, 0.6) is 0 Å². The smallest absolute Gasteiger partial charge is 0.338 e. The lowest BCUT2D eigenvalue weighted by atomic mass is 10.0. The summed E-state index contributed by atoms with van der Waals surface area (Å²) in [6, 6.07) is 31.6. The molecule has 0 aliphatic rings. The van der Waals surface area contributed by atoms with Gasteiger partial charge in [-0.05, 0) is 48.5 Å². The summed E-state index contributed by atoms with van der Waals surface area (Å²) in [5.74, 6) is -3.33. The summed E-state index contributed by atoms with van der Waals surface area (Å²) in [5.41, 5.74) is 0.649. The molecule has 0 heterocycles. The van der Waals surface area contributed by atoms with E-state index in [0.717, 1.165) is 0 Å². The van der Waals surface area contributed by atoms with Crippen molar-refractivity contribution in [2.75, 3.05) is 13.2 Å². The number of rotatable bonds is 13. The summed E-state index contributed by atoms with van der Waals surface area (Å²) in [6.07, 6.45) is -7.14. The molecule has 0 radical (unpaired) electrons. The lowest BCUT2D eigenvalue weighted by molar-refractivity contribution is -0.132. The summed E-state index contributed by atoms with van der Waals surface area (Å²) in [7, 11) is 0. The molecule has 0 aromatic heterocycles. The molecule has 0 fully saturated rings. The van der Waals surface area contributed by atoms with E-state index in [0.29, 0.717) is 0 Å². The van der Waals surface area contributed by atoms with Gasteiger partial charge in [-0.1, -0.05) is 72.8 Å². The van der Waals surface area contributed by atoms with Crippen LogP contribution in [0.3, 0.4) is 0 Å².